The van der Waals surface area contributed by atoms with E-state index in [-0.39, 0.29) is 16.9 Å². The van der Waals surface area contributed by atoms with Crippen molar-refractivity contribution in [3.8, 4) is 0 Å². The summed E-state index contributed by atoms with van der Waals surface area (Å²) in [6.07, 6.45) is -1.10. The summed E-state index contributed by atoms with van der Waals surface area (Å²) in [4.78, 5) is 36.7. The number of ether oxygens (including phenoxy) is 1. The van der Waals surface area contributed by atoms with E-state index in [0.717, 1.165) is 12.1 Å². The first kappa shape index (κ1) is 20.5. The Morgan fingerprint density at radius 3 is 2.41 bits per heavy atom. The summed E-state index contributed by atoms with van der Waals surface area (Å²) >= 11 is 0. The molecule has 0 saturated heterocycles. The minimum Gasteiger partial charge on any atom is -0.451 e. The lowest BCUT2D eigenvalue weighted by atomic mass is 10.2. The lowest BCUT2D eigenvalue weighted by molar-refractivity contribution is -0.154. The van der Waals surface area contributed by atoms with Crippen LogP contribution in [0.25, 0.3) is 0 Å². The molecule has 1 unspecified atom stereocenters. The van der Waals surface area contributed by atoms with E-state index in [0.29, 0.717) is 9.99 Å². The van der Waals surface area contributed by atoms with E-state index in [9.17, 15) is 27.2 Å². The van der Waals surface area contributed by atoms with Crippen LogP contribution in [0.15, 0.2) is 53.4 Å². The Kier molecular flexibility index (Phi) is 5.64. The molecule has 0 aliphatic carbocycles. The second kappa shape index (κ2) is 8.00. The number of hydrogen-bond acceptors (Lipinski definition) is 6. The Balaban J connectivity index is 1.67. The molecule has 10 heteroatoms. The summed E-state index contributed by atoms with van der Waals surface area (Å²) in [7, 11) is -4.16. The van der Waals surface area contributed by atoms with E-state index in [1.165, 1.54) is 36.4 Å². The highest BCUT2D eigenvalue weighted by molar-refractivity contribution is 7.90. The van der Waals surface area contributed by atoms with Crippen LogP contribution >= 0.6 is 0 Å². The normalized spacial score (nSPS) is 15.5. The van der Waals surface area contributed by atoms with Crippen LogP contribution in [0.5, 0.6) is 0 Å². The summed E-state index contributed by atoms with van der Waals surface area (Å²) in [5.74, 6) is -3.01. The fourth-order valence-electron chi connectivity index (χ4n) is 2.78. The van der Waals surface area contributed by atoms with Gasteiger partial charge in [-0.2, -0.15) is 0 Å². The molecule has 0 bridgehead atoms. The molecule has 1 aliphatic rings. The number of hydrogen-bond donors (Lipinski definition) is 1. The Labute approximate surface area is 166 Å². The molecule has 0 saturated carbocycles. The van der Waals surface area contributed by atoms with Gasteiger partial charge in [0, 0.05) is 5.69 Å². The van der Waals surface area contributed by atoms with Gasteiger partial charge in [-0.05, 0) is 42.8 Å². The number of carbonyl (C=O) groups is 3. The van der Waals surface area contributed by atoms with Crippen molar-refractivity contribution in [1.29, 1.82) is 0 Å². The third-order valence-corrected chi connectivity index (χ3v) is 6.02. The Morgan fingerprint density at radius 2 is 1.79 bits per heavy atom. The zero-order valence-corrected chi connectivity index (χ0v) is 16.1. The molecule has 2 amide bonds. The number of carbonyl (C=O) groups excluding carboxylic acids is 3. The van der Waals surface area contributed by atoms with Gasteiger partial charge in [-0.25, -0.2) is 17.1 Å². The molecule has 152 valence electrons. The number of fused-ring (bicyclic) bond motifs is 1. The van der Waals surface area contributed by atoms with Gasteiger partial charge in [0.2, 0.25) is 0 Å². The number of rotatable bonds is 6. The average Bonchev–Trinajstić information content (AvgIpc) is 2.89. The maximum absolute atomic E-state index is 12.9. The largest absolute Gasteiger partial charge is 0.451 e. The molecule has 29 heavy (non-hydrogen) atoms. The highest BCUT2D eigenvalue weighted by Crippen LogP contribution is 2.29. The van der Waals surface area contributed by atoms with Gasteiger partial charge in [0.05, 0.1) is 5.56 Å². The van der Waals surface area contributed by atoms with Gasteiger partial charge >= 0.3 is 5.97 Å². The second-order valence-electron chi connectivity index (χ2n) is 6.20. The number of esters is 1. The Morgan fingerprint density at radius 1 is 1.14 bits per heavy atom. The predicted molar refractivity (Wildman–Crippen MR) is 99.9 cm³/mol. The molecular formula is C19H17FN2O6S. The molecule has 0 radical (unpaired) electrons. The Bertz CT molecular complexity index is 1070. The SMILES string of the molecule is CCC(OC(=O)CN1C(=O)c2ccccc2S1(=O)=O)C(=O)Nc1ccc(F)cc1. The molecule has 0 spiro atoms. The van der Waals surface area contributed by atoms with Crippen LogP contribution in [-0.4, -0.2) is 43.2 Å². The number of nitrogens with one attached hydrogen (secondary N) is 1. The number of anilines is 1. The van der Waals surface area contributed by atoms with Crippen molar-refractivity contribution in [2.24, 2.45) is 0 Å². The first-order chi connectivity index (χ1) is 13.7. The van der Waals surface area contributed by atoms with E-state index in [1.807, 2.05) is 0 Å². The van der Waals surface area contributed by atoms with Gasteiger partial charge in [0.25, 0.3) is 21.8 Å². The number of amides is 2. The summed E-state index contributed by atoms with van der Waals surface area (Å²) in [6, 6.07) is 10.6. The van der Waals surface area contributed by atoms with Crippen molar-refractivity contribution < 1.29 is 31.9 Å². The number of halogens is 1. The van der Waals surface area contributed by atoms with Crippen molar-refractivity contribution in [2.45, 2.75) is 24.3 Å². The van der Waals surface area contributed by atoms with E-state index in [1.54, 1.807) is 6.92 Å². The second-order valence-corrected chi connectivity index (χ2v) is 8.03. The van der Waals surface area contributed by atoms with Gasteiger partial charge in [0.15, 0.2) is 6.10 Å². The van der Waals surface area contributed by atoms with E-state index >= 15 is 0 Å². The van der Waals surface area contributed by atoms with E-state index < -0.39 is 46.3 Å². The van der Waals surface area contributed by atoms with Crippen LogP contribution in [0.1, 0.15) is 23.7 Å². The standard InChI is InChI=1S/C19H17FN2O6S/c1-2-15(18(24)21-13-9-7-12(20)8-10-13)28-17(23)11-22-19(25)14-5-3-4-6-16(14)29(22,26)27/h3-10,15H,2,11H2,1H3,(H,21,24). The molecule has 0 fully saturated rings. The predicted octanol–water partition coefficient (Wildman–Crippen LogP) is 1.93. The minimum atomic E-state index is -4.16. The van der Waals surface area contributed by atoms with Crippen LogP contribution in [0.3, 0.4) is 0 Å². The zero-order valence-electron chi connectivity index (χ0n) is 15.3. The van der Waals surface area contributed by atoms with Crippen molar-refractivity contribution in [2.75, 3.05) is 11.9 Å². The fourth-order valence-corrected chi connectivity index (χ4v) is 4.29. The van der Waals surface area contributed by atoms with Crippen LogP contribution in [0, 0.1) is 5.82 Å². The molecule has 8 nitrogen and oxygen atoms in total. The minimum absolute atomic E-state index is 0.0265. The maximum Gasteiger partial charge on any atom is 0.327 e. The zero-order chi connectivity index (χ0) is 21.2. The van der Waals surface area contributed by atoms with Crippen LogP contribution in [0.4, 0.5) is 10.1 Å². The third kappa shape index (κ3) is 4.11. The maximum atomic E-state index is 12.9. The van der Waals surface area contributed by atoms with Gasteiger partial charge in [-0.1, -0.05) is 19.1 Å². The molecule has 2 aromatic carbocycles. The van der Waals surface area contributed by atoms with E-state index in [2.05, 4.69) is 5.32 Å². The molecular weight excluding hydrogens is 403 g/mol. The summed E-state index contributed by atoms with van der Waals surface area (Å²) in [5.41, 5.74) is 0.278. The smallest absolute Gasteiger partial charge is 0.327 e. The van der Waals surface area contributed by atoms with Gasteiger partial charge < -0.3 is 10.1 Å². The first-order valence-corrected chi connectivity index (χ1v) is 10.1. The Hall–Kier alpha value is -3.27. The topological polar surface area (TPSA) is 110 Å². The molecule has 1 N–H and O–H groups in total. The highest BCUT2D eigenvalue weighted by Gasteiger charge is 2.42. The average molecular weight is 420 g/mol. The lowest BCUT2D eigenvalue weighted by Gasteiger charge is -2.19. The molecule has 1 atom stereocenters. The monoisotopic (exact) mass is 420 g/mol. The molecule has 1 heterocycles. The van der Waals surface area contributed by atoms with Crippen molar-refractivity contribution in [3.63, 3.8) is 0 Å². The van der Waals surface area contributed by atoms with Crippen molar-refractivity contribution >= 4 is 33.5 Å². The van der Waals surface area contributed by atoms with Crippen LogP contribution in [-0.2, 0) is 24.3 Å². The van der Waals surface area contributed by atoms with Crippen LogP contribution in [0.2, 0.25) is 0 Å². The van der Waals surface area contributed by atoms with Crippen molar-refractivity contribution in [3.05, 3.63) is 59.9 Å². The summed E-state index contributed by atoms with van der Waals surface area (Å²) < 4.78 is 43.4. The van der Waals surface area contributed by atoms with Gasteiger partial charge in [0.1, 0.15) is 17.3 Å². The third-order valence-electron chi connectivity index (χ3n) is 4.23. The van der Waals surface area contributed by atoms with E-state index in [4.69, 9.17) is 4.74 Å². The molecule has 3 rings (SSSR count). The molecule has 1 aliphatic heterocycles. The number of benzene rings is 2. The van der Waals surface area contributed by atoms with Crippen molar-refractivity contribution in [1.82, 2.24) is 4.31 Å². The number of nitrogens with zero attached hydrogens (tertiary/aromatic N) is 1. The summed E-state index contributed by atoms with van der Waals surface area (Å²) in [6.45, 7) is 0.742. The van der Waals surface area contributed by atoms with Crippen LogP contribution < -0.4 is 5.32 Å². The summed E-state index contributed by atoms with van der Waals surface area (Å²) in [5, 5.41) is 2.48. The fraction of sp³-hybridized carbons (Fsp3) is 0.211. The number of sulfonamides is 1. The highest BCUT2D eigenvalue weighted by atomic mass is 32.2. The van der Waals surface area contributed by atoms with Gasteiger partial charge in [-0.3, -0.25) is 14.4 Å². The first-order valence-electron chi connectivity index (χ1n) is 8.66. The quantitative estimate of drug-likeness (QED) is 0.715. The molecule has 2 aromatic rings. The lowest BCUT2D eigenvalue weighted by Crippen LogP contribution is -2.39. The van der Waals surface area contributed by atoms with Gasteiger partial charge in [-0.15, -0.1) is 0 Å². The molecule has 0 aromatic heterocycles.